The average Bonchev–Trinajstić information content (AvgIpc) is 2.69. The van der Waals surface area contributed by atoms with Gasteiger partial charge in [0.05, 0.1) is 0 Å². The summed E-state index contributed by atoms with van der Waals surface area (Å²) in [5.74, 6) is -0.404. The Morgan fingerprint density at radius 2 is 1.93 bits per heavy atom. The fourth-order valence-corrected chi connectivity index (χ4v) is 3.95. The summed E-state index contributed by atoms with van der Waals surface area (Å²) in [7, 11) is 0. The number of aromatic nitrogens is 1. The molecule has 1 aromatic heterocycles. The third kappa shape index (κ3) is 5.71. The number of pyridine rings is 1. The van der Waals surface area contributed by atoms with E-state index in [0.717, 1.165) is 24.1 Å². The van der Waals surface area contributed by atoms with E-state index in [4.69, 9.17) is 17.3 Å². The minimum atomic E-state index is -1.04. The zero-order chi connectivity index (χ0) is 20.4. The first-order valence-corrected chi connectivity index (χ1v) is 10.6. The Balaban J connectivity index is 2.25. The minimum absolute atomic E-state index is 0.000596. The summed E-state index contributed by atoms with van der Waals surface area (Å²) in [6.07, 6.45) is 11.6. The predicted octanol–water partition coefficient (Wildman–Crippen LogP) is 5.91. The molecule has 2 aromatic rings. The number of hydrogen-bond donors (Lipinski definition) is 2. The van der Waals surface area contributed by atoms with Crippen LogP contribution in [0.2, 0.25) is 5.02 Å². The standard InChI is InChI=1S/C23H32ClN3O/c1-3-4-5-6-7-8-11-18(2)23(22(25)28,19-12-10-15-26-17-19)27-21-14-9-13-20(24)16-21/h9-10,12-18,27H,3-8,11H2,1-2H3,(H2,25,28). The molecule has 28 heavy (non-hydrogen) atoms. The molecule has 152 valence electrons. The molecule has 0 aliphatic rings. The molecule has 1 aromatic carbocycles. The van der Waals surface area contributed by atoms with Crippen LogP contribution in [-0.4, -0.2) is 10.9 Å². The second-order valence-corrected chi connectivity index (χ2v) is 7.94. The van der Waals surface area contributed by atoms with E-state index in [1.54, 1.807) is 12.4 Å². The van der Waals surface area contributed by atoms with E-state index in [-0.39, 0.29) is 5.92 Å². The lowest BCUT2D eigenvalue weighted by atomic mass is 9.76. The summed E-state index contributed by atoms with van der Waals surface area (Å²) in [5.41, 5.74) is 6.51. The van der Waals surface area contributed by atoms with Gasteiger partial charge >= 0.3 is 0 Å². The summed E-state index contributed by atoms with van der Waals surface area (Å²) >= 11 is 6.15. The largest absolute Gasteiger partial charge is 0.367 e. The van der Waals surface area contributed by atoms with Crippen molar-refractivity contribution in [2.45, 2.75) is 64.3 Å². The van der Waals surface area contributed by atoms with Crippen LogP contribution in [0.4, 0.5) is 5.69 Å². The van der Waals surface area contributed by atoms with Crippen LogP contribution in [0.5, 0.6) is 0 Å². The van der Waals surface area contributed by atoms with Gasteiger partial charge in [0.1, 0.15) is 5.54 Å². The second-order valence-electron chi connectivity index (χ2n) is 7.51. The molecule has 0 aliphatic heterocycles. The van der Waals surface area contributed by atoms with E-state index in [2.05, 4.69) is 24.1 Å². The van der Waals surface area contributed by atoms with Gasteiger partial charge in [-0.1, -0.05) is 76.1 Å². The van der Waals surface area contributed by atoms with Crippen molar-refractivity contribution in [1.82, 2.24) is 4.98 Å². The van der Waals surface area contributed by atoms with Crippen molar-refractivity contribution < 1.29 is 4.79 Å². The fraction of sp³-hybridized carbons (Fsp3) is 0.478. The Morgan fingerprint density at radius 3 is 2.57 bits per heavy atom. The van der Waals surface area contributed by atoms with Gasteiger partial charge in [0.15, 0.2) is 0 Å². The molecule has 5 heteroatoms. The van der Waals surface area contributed by atoms with Crippen LogP contribution in [0, 0.1) is 5.92 Å². The van der Waals surface area contributed by atoms with Crippen LogP contribution in [0.3, 0.4) is 0 Å². The van der Waals surface area contributed by atoms with Crippen molar-refractivity contribution in [1.29, 1.82) is 0 Å². The number of nitrogens with zero attached hydrogens (tertiary/aromatic N) is 1. The number of rotatable bonds is 12. The van der Waals surface area contributed by atoms with Crippen molar-refractivity contribution in [3.8, 4) is 0 Å². The molecule has 3 N–H and O–H groups in total. The maximum absolute atomic E-state index is 12.8. The summed E-state index contributed by atoms with van der Waals surface area (Å²) < 4.78 is 0. The number of hydrogen-bond acceptors (Lipinski definition) is 3. The number of halogens is 1. The zero-order valence-electron chi connectivity index (χ0n) is 17.0. The number of benzene rings is 1. The summed E-state index contributed by atoms with van der Waals surface area (Å²) in [6, 6.07) is 11.1. The zero-order valence-corrected chi connectivity index (χ0v) is 17.7. The Kier molecular flexibility index (Phi) is 8.78. The molecule has 4 nitrogen and oxygen atoms in total. The molecule has 1 amide bonds. The third-order valence-electron chi connectivity index (χ3n) is 5.40. The van der Waals surface area contributed by atoms with Crippen molar-refractivity contribution in [3.63, 3.8) is 0 Å². The second kappa shape index (κ2) is 11.1. The molecule has 0 radical (unpaired) electrons. The van der Waals surface area contributed by atoms with E-state index in [1.807, 2.05) is 36.4 Å². The van der Waals surface area contributed by atoms with E-state index in [1.165, 1.54) is 32.1 Å². The molecule has 1 heterocycles. The molecule has 0 saturated heterocycles. The lowest BCUT2D eigenvalue weighted by molar-refractivity contribution is -0.124. The van der Waals surface area contributed by atoms with Gasteiger partial charge in [0, 0.05) is 28.7 Å². The number of anilines is 1. The Hall–Kier alpha value is -2.07. The lowest BCUT2D eigenvalue weighted by Gasteiger charge is -2.38. The fourth-order valence-electron chi connectivity index (χ4n) is 3.76. The van der Waals surface area contributed by atoms with Crippen LogP contribution < -0.4 is 11.1 Å². The van der Waals surface area contributed by atoms with Gasteiger partial charge < -0.3 is 11.1 Å². The highest BCUT2D eigenvalue weighted by molar-refractivity contribution is 6.30. The Morgan fingerprint density at radius 1 is 1.18 bits per heavy atom. The van der Waals surface area contributed by atoms with Gasteiger partial charge in [0.2, 0.25) is 5.91 Å². The predicted molar refractivity (Wildman–Crippen MR) is 117 cm³/mol. The molecule has 2 atom stereocenters. The third-order valence-corrected chi connectivity index (χ3v) is 5.64. The summed E-state index contributed by atoms with van der Waals surface area (Å²) in [5, 5.41) is 4.02. The average molecular weight is 402 g/mol. The molecule has 0 spiro atoms. The van der Waals surface area contributed by atoms with E-state index in [0.29, 0.717) is 5.02 Å². The van der Waals surface area contributed by atoms with E-state index in [9.17, 15) is 4.79 Å². The molecule has 0 aliphatic carbocycles. The molecule has 2 rings (SSSR count). The molecule has 0 fully saturated rings. The highest BCUT2D eigenvalue weighted by Gasteiger charge is 2.43. The van der Waals surface area contributed by atoms with Crippen molar-refractivity contribution in [2.75, 3.05) is 5.32 Å². The van der Waals surface area contributed by atoms with Gasteiger partial charge in [-0.2, -0.15) is 0 Å². The van der Waals surface area contributed by atoms with Crippen molar-refractivity contribution in [2.24, 2.45) is 11.7 Å². The molecule has 2 unspecified atom stereocenters. The monoisotopic (exact) mass is 401 g/mol. The van der Waals surface area contributed by atoms with Gasteiger partial charge in [-0.05, 0) is 36.6 Å². The normalized spacial score (nSPS) is 14.2. The quantitative estimate of drug-likeness (QED) is 0.434. The molecule has 0 bridgehead atoms. The van der Waals surface area contributed by atoms with Crippen LogP contribution in [0.25, 0.3) is 0 Å². The van der Waals surface area contributed by atoms with Crippen LogP contribution >= 0.6 is 11.6 Å². The Labute approximate surface area is 173 Å². The van der Waals surface area contributed by atoms with E-state index < -0.39 is 11.4 Å². The first-order valence-electron chi connectivity index (χ1n) is 10.2. The first kappa shape index (κ1) is 22.2. The highest BCUT2D eigenvalue weighted by Crippen LogP contribution is 2.37. The van der Waals surface area contributed by atoms with E-state index >= 15 is 0 Å². The number of carbonyl (C=O) groups is 1. The number of nitrogens with one attached hydrogen (secondary N) is 1. The van der Waals surface area contributed by atoms with Crippen LogP contribution in [-0.2, 0) is 10.3 Å². The number of nitrogens with two attached hydrogens (primary N) is 1. The maximum Gasteiger partial charge on any atom is 0.248 e. The Bertz CT molecular complexity index is 738. The van der Waals surface area contributed by atoms with Crippen molar-refractivity contribution >= 4 is 23.2 Å². The maximum atomic E-state index is 12.8. The van der Waals surface area contributed by atoms with Crippen LogP contribution in [0.1, 0.15) is 64.4 Å². The number of amides is 1. The van der Waals surface area contributed by atoms with Gasteiger partial charge in [-0.25, -0.2) is 0 Å². The molecular weight excluding hydrogens is 370 g/mol. The van der Waals surface area contributed by atoms with Gasteiger partial charge in [-0.3, -0.25) is 9.78 Å². The summed E-state index contributed by atoms with van der Waals surface area (Å²) in [6.45, 7) is 4.31. The van der Waals surface area contributed by atoms with Gasteiger partial charge in [0.25, 0.3) is 0 Å². The number of primary amides is 1. The number of unbranched alkanes of at least 4 members (excludes halogenated alkanes) is 5. The number of carbonyl (C=O) groups excluding carboxylic acids is 1. The minimum Gasteiger partial charge on any atom is -0.367 e. The lowest BCUT2D eigenvalue weighted by Crippen LogP contribution is -2.52. The highest BCUT2D eigenvalue weighted by atomic mass is 35.5. The SMILES string of the molecule is CCCCCCCCC(C)C(Nc1cccc(Cl)c1)(C(N)=O)c1cccnc1. The smallest absolute Gasteiger partial charge is 0.248 e. The topological polar surface area (TPSA) is 68.0 Å². The van der Waals surface area contributed by atoms with Crippen molar-refractivity contribution in [3.05, 3.63) is 59.4 Å². The first-order chi connectivity index (χ1) is 13.5. The molecule has 0 saturated carbocycles. The van der Waals surface area contributed by atoms with Crippen LogP contribution in [0.15, 0.2) is 48.8 Å². The molecular formula is C23H32ClN3O. The summed E-state index contributed by atoms with van der Waals surface area (Å²) in [4.78, 5) is 17.1. The van der Waals surface area contributed by atoms with Gasteiger partial charge in [-0.15, -0.1) is 0 Å².